The monoisotopic (exact) mass is 304 g/mol. The van der Waals surface area contributed by atoms with Gasteiger partial charge in [0.15, 0.2) is 0 Å². The van der Waals surface area contributed by atoms with Crippen LogP contribution in [0.2, 0.25) is 0 Å². The Bertz CT molecular complexity index is 482. The Kier molecular flexibility index (Phi) is 6.40. The van der Waals surface area contributed by atoms with Crippen molar-refractivity contribution in [1.29, 1.82) is 0 Å². The first kappa shape index (κ1) is 17.0. The van der Waals surface area contributed by atoms with Crippen LogP contribution in [0.3, 0.4) is 0 Å². The van der Waals surface area contributed by atoms with Gasteiger partial charge in [0.1, 0.15) is 0 Å². The summed E-state index contributed by atoms with van der Waals surface area (Å²) in [4.78, 5) is 12.4. The number of morpholine rings is 1. The molecule has 0 radical (unpaired) electrons. The molecule has 1 aliphatic heterocycles. The van der Waals surface area contributed by atoms with Gasteiger partial charge < -0.3 is 15.4 Å². The van der Waals surface area contributed by atoms with Gasteiger partial charge in [0.25, 0.3) is 0 Å². The summed E-state index contributed by atoms with van der Waals surface area (Å²) >= 11 is 0. The summed E-state index contributed by atoms with van der Waals surface area (Å²) in [6.45, 7) is 8.79. The number of aryl methyl sites for hydroxylation is 1. The average molecular weight is 304 g/mol. The molecule has 1 fully saturated rings. The molecule has 1 saturated heterocycles. The SMILES string of the molecule is Cc1ccccc1[C@H](CC(C)C)NC(=O)C[C@@H]1CNCCO1. The summed E-state index contributed by atoms with van der Waals surface area (Å²) in [5, 5.41) is 6.47. The van der Waals surface area contributed by atoms with E-state index in [1.165, 1.54) is 11.1 Å². The third-order valence-electron chi connectivity index (χ3n) is 4.02. The van der Waals surface area contributed by atoms with Crippen LogP contribution in [0.1, 0.15) is 43.9 Å². The minimum absolute atomic E-state index is 0.00896. The molecule has 22 heavy (non-hydrogen) atoms. The molecule has 0 bridgehead atoms. The molecule has 2 N–H and O–H groups in total. The van der Waals surface area contributed by atoms with E-state index in [4.69, 9.17) is 4.74 Å². The summed E-state index contributed by atoms with van der Waals surface area (Å²) in [6.07, 6.45) is 1.36. The van der Waals surface area contributed by atoms with E-state index in [1.807, 2.05) is 12.1 Å². The highest BCUT2D eigenvalue weighted by molar-refractivity contribution is 5.77. The largest absolute Gasteiger partial charge is 0.375 e. The Labute approximate surface area is 133 Å². The highest BCUT2D eigenvalue weighted by Gasteiger charge is 2.21. The van der Waals surface area contributed by atoms with Crippen LogP contribution in [0.5, 0.6) is 0 Å². The predicted octanol–water partition coefficient (Wildman–Crippen LogP) is 2.58. The van der Waals surface area contributed by atoms with Crippen LogP contribution in [0.25, 0.3) is 0 Å². The van der Waals surface area contributed by atoms with Gasteiger partial charge in [-0.3, -0.25) is 4.79 Å². The van der Waals surface area contributed by atoms with E-state index in [0.717, 1.165) is 19.5 Å². The maximum Gasteiger partial charge on any atom is 0.223 e. The molecule has 0 aliphatic carbocycles. The zero-order chi connectivity index (χ0) is 15.9. The molecule has 2 rings (SSSR count). The smallest absolute Gasteiger partial charge is 0.223 e. The lowest BCUT2D eigenvalue weighted by atomic mass is 9.93. The first-order valence-electron chi connectivity index (χ1n) is 8.23. The average Bonchev–Trinajstić information content (AvgIpc) is 2.47. The van der Waals surface area contributed by atoms with Gasteiger partial charge in [0.05, 0.1) is 25.2 Å². The number of benzene rings is 1. The lowest BCUT2D eigenvalue weighted by Gasteiger charge is -2.26. The normalized spacial score (nSPS) is 19.9. The highest BCUT2D eigenvalue weighted by atomic mass is 16.5. The van der Waals surface area contributed by atoms with Crippen molar-refractivity contribution in [2.45, 2.75) is 45.8 Å². The Balaban J connectivity index is 2.00. The van der Waals surface area contributed by atoms with Crippen molar-refractivity contribution in [3.05, 3.63) is 35.4 Å². The molecule has 4 nitrogen and oxygen atoms in total. The summed E-state index contributed by atoms with van der Waals surface area (Å²) in [5.41, 5.74) is 2.44. The van der Waals surface area contributed by atoms with E-state index >= 15 is 0 Å². The van der Waals surface area contributed by atoms with Crippen molar-refractivity contribution in [3.8, 4) is 0 Å². The van der Waals surface area contributed by atoms with Crippen LogP contribution in [-0.4, -0.2) is 31.7 Å². The van der Waals surface area contributed by atoms with E-state index in [2.05, 4.69) is 43.5 Å². The fraction of sp³-hybridized carbons (Fsp3) is 0.611. The second-order valence-corrected chi connectivity index (χ2v) is 6.51. The second kappa shape index (κ2) is 8.30. The third-order valence-corrected chi connectivity index (χ3v) is 4.02. The number of nitrogens with one attached hydrogen (secondary N) is 2. The Morgan fingerprint density at radius 2 is 2.18 bits per heavy atom. The summed E-state index contributed by atoms with van der Waals surface area (Å²) in [6, 6.07) is 8.36. The summed E-state index contributed by atoms with van der Waals surface area (Å²) in [7, 11) is 0. The first-order valence-corrected chi connectivity index (χ1v) is 8.23. The molecule has 2 atom stereocenters. The lowest BCUT2D eigenvalue weighted by molar-refractivity contribution is -0.125. The van der Waals surface area contributed by atoms with E-state index < -0.39 is 0 Å². The van der Waals surface area contributed by atoms with Crippen molar-refractivity contribution in [2.24, 2.45) is 5.92 Å². The van der Waals surface area contributed by atoms with Gasteiger partial charge in [0, 0.05) is 13.1 Å². The zero-order valence-corrected chi connectivity index (χ0v) is 13.9. The second-order valence-electron chi connectivity index (χ2n) is 6.51. The maximum atomic E-state index is 12.4. The summed E-state index contributed by atoms with van der Waals surface area (Å²) < 4.78 is 5.62. The molecule has 1 aromatic carbocycles. The predicted molar refractivity (Wildman–Crippen MR) is 88.7 cm³/mol. The van der Waals surface area contributed by atoms with Crippen molar-refractivity contribution in [1.82, 2.24) is 10.6 Å². The standard InChI is InChI=1S/C18H28N2O2/c1-13(2)10-17(16-7-5-4-6-14(16)3)20-18(21)11-15-12-19-8-9-22-15/h4-7,13,15,17,19H,8-12H2,1-3H3,(H,20,21)/t15-,17+/m1/s1. The van der Waals surface area contributed by atoms with Gasteiger partial charge in [-0.25, -0.2) is 0 Å². The fourth-order valence-corrected chi connectivity index (χ4v) is 2.92. The number of ether oxygens (including phenoxy) is 1. The maximum absolute atomic E-state index is 12.4. The number of carbonyl (C=O) groups excluding carboxylic acids is 1. The van der Waals surface area contributed by atoms with Crippen LogP contribution >= 0.6 is 0 Å². The van der Waals surface area contributed by atoms with Gasteiger partial charge >= 0.3 is 0 Å². The van der Waals surface area contributed by atoms with Crippen LogP contribution in [-0.2, 0) is 9.53 Å². The number of hydrogen-bond acceptors (Lipinski definition) is 3. The quantitative estimate of drug-likeness (QED) is 0.849. The summed E-state index contributed by atoms with van der Waals surface area (Å²) in [5.74, 6) is 0.597. The fourth-order valence-electron chi connectivity index (χ4n) is 2.92. The topological polar surface area (TPSA) is 50.4 Å². The zero-order valence-electron chi connectivity index (χ0n) is 13.9. The van der Waals surface area contributed by atoms with E-state index in [1.54, 1.807) is 0 Å². The molecule has 4 heteroatoms. The van der Waals surface area contributed by atoms with Crippen LogP contribution in [0, 0.1) is 12.8 Å². The Morgan fingerprint density at radius 3 is 2.82 bits per heavy atom. The van der Waals surface area contributed by atoms with Crippen molar-refractivity contribution >= 4 is 5.91 Å². The molecule has 0 unspecified atom stereocenters. The van der Waals surface area contributed by atoms with Crippen LogP contribution in [0.4, 0.5) is 0 Å². The molecule has 1 amide bonds. The molecule has 1 aromatic rings. The van der Waals surface area contributed by atoms with Gasteiger partial charge in [-0.05, 0) is 30.4 Å². The lowest BCUT2D eigenvalue weighted by Crippen LogP contribution is -2.42. The first-order chi connectivity index (χ1) is 10.6. The highest BCUT2D eigenvalue weighted by Crippen LogP contribution is 2.24. The third kappa shape index (κ3) is 5.11. The minimum Gasteiger partial charge on any atom is -0.375 e. The molecule has 122 valence electrons. The Morgan fingerprint density at radius 1 is 1.41 bits per heavy atom. The van der Waals surface area contributed by atoms with Gasteiger partial charge in [0.2, 0.25) is 5.91 Å². The number of carbonyl (C=O) groups is 1. The van der Waals surface area contributed by atoms with Crippen molar-refractivity contribution in [2.75, 3.05) is 19.7 Å². The molecule has 1 aliphatic rings. The van der Waals surface area contributed by atoms with Gasteiger partial charge in [-0.15, -0.1) is 0 Å². The number of amides is 1. The Hall–Kier alpha value is -1.39. The molecular formula is C18H28N2O2. The minimum atomic E-state index is -0.00896. The van der Waals surface area contributed by atoms with Crippen LogP contribution in [0.15, 0.2) is 24.3 Å². The molecule has 0 saturated carbocycles. The van der Waals surface area contributed by atoms with E-state index in [-0.39, 0.29) is 18.1 Å². The van der Waals surface area contributed by atoms with Gasteiger partial charge in [-0.2, -0.15) is 0 Å². The number of rotatable bonds is 6. The van der Waals surface area contributed by atoms with Crippen molar-refractivity contribution in [3.63, 3.8) is 0 Å². The van der Waals surface area contributed by atoms with Gasteiger partial charge in [-0.1, -0.05) is 38.1 Å². The number of hydrogen-bond donors (Lipinski definition) is 2. The van der Waals surface area contributed by atoms with Crippen molar-refractivity contribution < 1.29 is 9.53 Å². The molecular weight excluding hydrogens is 276 g/mol. The molecule has 0 spiro atoms. The van der Waals surface area contributed by atoms with E-state index in [9.17, 15) is 4.79 Å². The molecule has 0 aromatic heterocycles. The van der Waals surface area contributed by atoms with E-state index in [0.29, 0.717) is 18.9 Å². The molecule has 1 heterocycles. The van der Waals surface area contributed by atoms with Crippen LogP contribution < -0.4 is 10.6 Å².